The van der Waals surface area contributed by atoms with E-state index in [1.54, 1.807) is 0 Å². The van der Waals surface area contributed by atoms with Gasteiger partial charge in [0.25, 0.3) is 0 Å². The second-order valence-electron chi connectivity index (χ2n) is 4.51. The number of hydrogen-bond donors (Lipinski definition) is 1. The van der Waals surface area contributed by atoms with Crippen molar-refractivity contribution in [2.45, 2.75) is 32.0 Å². The van der Waals surface area contributed by atoms with Crippen LogP contribution in [0.15, 0.2) is 30.3 Å². The second-order valence-corrected chi connectivity index (χ2v) is 4.51. The van der Waals surface area contributed by atoms with Crippen molar-refractivity contribution in [2.75, 3.05) is 25.1 Å². The number of nitrogens with one attached hydrogen (secondary N) is 1. The summed E-state index contributed by atoms with van der Waals surface area (Å²) in [4.78, 5) is 0. The maximum atomic E-state index is 5.97. The SMILES string of the molecule is CC(CNc1ccccc1)OC1CCOCC1. The zero-order valence-corrected chi connectivity index (χ0v) is 10.4. The number of para-hydroxylation sites is 1. The Balaban J connectivity index is 1.68. The molecule has 1 aliphatic heterocycles. The van der Waals surface area contributed by atoms with E-state index in [0.717, 1.165) is 38.3 Å². The highest BCUT2D eigenvalue weighted by Gasteiger charge is 2.16. The number of anilines is 1. The molecule has 1 saturated heterocycles. The molecule has 1 heterocycles. The van der Waals surface area contributed by atoms with E-state index in [0.29, 0.717) is 6.10 Å². The van der Waals surface area contributed by atoms with Crippen LogP contribution in [0, 0.1) is 0 Å². The van der Waals surface area contributed by atoms with Gasteiger partial charge in [-0.15, -0.1) is 0 Å². The molecular weight excluding hydrogens is 214 g/mol. The number of benzene rings is 1. The minimum absolute atomic E-state index is 0.235. The summed E-state index contributed by atoms with van der Waals surface area (Å²) in [6.45, 7) is 4.64. The monoisotopic (exact) mass is 235 g/mol. The highest BCUT2D eigenvalue weighted by atomic mass is 16.5. The molecule has 0 radical (unpaired) electrons. The topological polar surface area (TPSA) is 30.5 Å². The predicted molar refractivity (Wildman–Crippen MR) is 69.3 cm³/mol. The molecule has 1 aromatic rings. The molecule has 1 fully saturated rings. The van der Waals surface area contributed by atoms with E-state index in [9.17, 15) is 0 Å². The van der Waals surface area contributed by atoms with Crippen molar-refractivity contribution in [2.24, 2.45) is 0 Å². The third-order valence-corrected chi connectivity index (χ3v) is 2.96. The summed E-state index contributed by atoms with van der Waals surface area (Å²) in [7, 11) is 0. The zero-order valence-electron chi connectivity index (χ0n) is 10.4. The molecule has 3 nitrogen and oxygen atoms in total. The van der Waals surface area contributed by atoms with Crippen molar-refractivity contribution >= 4 is 5.69 Å². The van der Waals surface area contributed by atoms with Crippen molar-refractivity contribution in [3.63, 3.8) is 0 Å². The lowest BCUT2D eigenvalue weighted by atomic mass is 10.1. The highest BCUT2D eigenvalue weighted by Crippen LogP contribution is 2.13. The quantitative estimate of drug-likeness (QED) is 0.851. The third-order valence-electron chi connectivity index (χ3n) is 2.96. The summed E-state index contributed by atoms with van der Waals surface area (Å²) in [5, 5.41) is 3.38. The van der Waals surface area contributed by atoms with Crippen LogP contribution in [0.1, 0.15) is 19.8 Å². The first kappa shape index (κ1) is 12.4. The predicted octanol–water partition coefficient (Wildman–Crippen LogP) is 2.68. The second kappa shape index (κ2) is 6.62. The number of hydrogen-bond acceptors (Lipinski definition) is 3. The summed E-state index contributed by atoms with van der Waals surface area (Å²) in [5.74, 6) is 0. The van der Waals surface area contributed by atoms with Crippen LogP contribution in [-0.2, 0) is 9.47 Å². The average Bonchev–Trinajstić information content (AvgIpc) is 2.39. The van der Waals surface area contributed by atoms with E-state index in [2.05, 4.69) is 24.4 Å². The maximum absolute atomic E-state index is 5.97. The minimum atomic E-state index is 0.235. The Hall–Kier alpha value is -1.06. The Bertz CT molecular complexity index is 309. The summed E-state index contributed by atoms with van der Waals surface area (Å²) in [6, 6.07) is 10.2. The Kier molecular flexibility index (Phi) is 4.83. The molecule has 1 atom stereocenters. The van der Waals surface area contributed by atoms with Crippen LogP contribution in [-0.4, -0.2) is 32.0 Å². The van der Waals surface area contributed by atoms with Gasteiger partial charge in [0.05, 0.1) is 12.2 Å². The molecule has 0 spiro atoms. The molecule has 17 heavy (non-hydrogen) atoms. The minimum Gasteiger partial charge on any atom is -0.382 e. The number of rotatable bonds is 5. The van der Waals surface area contributed by atoms with Crippen LogP contribution < -0.4 is 5.32 Å². The van der Waals surface area contributed by atoms with E-state index in [1.165, 1.54) is 0 Å². The van der Waals surface area contributed by atoms with Crippen molar-refractivity contribution in [1.82, 2.24) is 0 Å². The summed E-state index contributed by atoms with van der Waals surface area (Å²) in [5.41, 5.74) is 1.15. The van der Waals surface area contributed by atoms with Crippen molar-refractivity contribution in [3.8, 4) is 0 Å². The highest BCUT2D eigenvalue weighted by molar-refractivity contribution is 5.42. The largest absolute Gasteiger partial charge is 0.382 e. The first-order chi connectivity index (χ1) is 8.34. The molecule has 0 saturated carbocycles. The van der Waals surface area contributed by atoms with Gasteiger partial charge in [-0.05, 0) is 31.9 Å². The van der Waals surface area contributed by atoms with Gasteiger partial charge in [-0.3, -0.25) is 0 Å². The fourth-order valence-electron chi connectivity index (χ4n) is 2.01. The van der Waals surface area contributed by atoms with Crippen LogP contribution in [0.2, 0.25) is 0 Å². The smallest absolute Gasteiger partial charge is 0.0723 e. The van der Waals surface area contributed by atoms with Gasteiger partial charge in [0, 0.05) is 25.4 Å². The molecule has 0 amide bonds. The maximum Gasteiger partial charge on any atom is 0.0723 e. The molecule has 0 bridgehead atoms. The van der Waals surface area contributed by atoms with Gasteiger partial charge in [0.1, 0.15) is 0 Å². The van der Waals surface area contributed by atoms with Crippen LogP contribution in [0.3, 0.4) is 0 Å². The lowest BCUT2D eigenvalue weighted by Crippen LogP contribution is -2.30. The van der Waals surface area contributed by atoms with Gasteiger partial charge in [-0.25, -0.2) is 0 Å². The van der Waals surface area contributed by atoms with Crippen LogP contribution >= 0.6 is 0 Å². The van der Waals surface area contributed by atoms with Gasteiger partial charge in [0.15, 0.2) is 0 Å². The fraction of sp³-hybridized carbons (Fsp3) is 0.571. The zero-order chi connectivity index (χ0) is 11.9. The molecule has 1 aromatic carbocycles. The lowest BCUT2D eigenvalue weighted by molar-refractivity contribution is -0.0579. The van der Waals surface area contributed by atoms with Crippen LogP contribution in [0.5, 0.6) is 0 Å². The third kappa shape index (κ3) is 4.36. The molecule has 94 valence electrons. The van der Waals surface area contributed by atoms with Gasteiger partial charge < -0.3 is 14.8 Å². The van der Waals surface area contributed by atoms with Gasteiger partial charge in [0.2, 0.25) is 0 Å². The van der Waals surface area contributed by atoms with Gasteiger partial charge in [-0.1, -0.05) is 18.2 Å². The lowest BCUT2D eigenvalue weighted by Gasteiger charge is -2.26. The van der Waals surface area contributed by atoms with E-state index in [4.69, 9.17) is 9.47 Å². The Morgan fingerprint density at radius 2 is 2.00 bits per heavy atom. The van der Waals surface area contributed by atoms with Crippen LogP contribution in [0.25, 0.3) is 0 Å². The molecule has 0 aromatic heterocycles. The Labute approximate surface area is 103 Å². The van der Waals surface area contributed by atoms with Crippen molar-refractivity contribution in [1.29, 1.82) is 0 Å². The molecule has 1 N–H and O–H groups in total. The Morgan fingerprint density at radius 3 is 2.71 bits per heavy atom. The van der Waals surface area contributed by atoms with E-state index >= 15 is 0 Å². The van der Waals surface area contributed by atoms with E-state index < -0.39 is 0 Å². The molecule has 3 heteroatoms. The van der Waals surface area contributed by atoms with Crippen LogP contribution in [0.4, 0.5) is 5.69 Å². The first-order valence-corrected chi connectivity index (χ1v) is 6.37. The number of ether oxygens (including phenoxy) is 2. The molecule has 1 aliphatic rings. The Morgan fingerprint density at radius 1 is 1.29 bits per heavy atom. The molecular formula is C14H21NO2. The van der Waals surface area contributed by atoms with Crippen molar-refractivity contribution < 1.29 is 9.47 Å². The summed E-state index contributed by atoms with van der Waals surface area (Å²) >= 11 is 0. The van der Waals surface area contributed by atoms with Gasteiger partial charge >= 0.3 is 0 Å². The normalized spacial score (nSPS) is 18.9. The molecule has 0 aliphatic carbocycles. The summed E-state index contributed by atoms with van der Waals surface area (Å²) < 4.78 is 11.3. The van der Waals surface area contributed by atoms with E-state index in [-0.39, 0.29) is 6.10 Å². The molecule has 2 rings (SSSR count). The van der Waals surface area contributed by atoms with Gasteiger partial charge in [-0.2, -0.15) is 0 Å². The first-order valence-electron chi connectivity index (χ1n) is 6.37. The summed E-state index contributed by atoms with van der Waals surface area (Å²) in [6.07, 6.45) is 2.65. The standard InChI is InChI=1S/C14H21NO2/c1-12(17-14-7-9-16-10-8-14)11-15-13-5-3-2-4-6-13/h2-6,12,14-15H,7-11H2,1H3. The van der Waals surface area contributed by atoms with E-state index in [1.807, 2.05) is 18.2 Å². The molecule has 1 unspecified atom stereocenters. The van der Waals surface area contributed by atoms with Crippen molar-refractivity contribution in [3.05, 3.63) is 30.3 Å². The fourth-order valence-corrected chi connectivity index (χ4v) is 2.01. The average molecular weight is 235 g/mol.